The minimum atomic E-state index is -1.08. The van der Waals surface area contributed by atoms with Crippen LogP contribution in [0.4, 0.5) is 0 Å². The number of aliphatic imine (C=N–C) groups is 1. The van der Waals surface area contributed by atoms with Crippen molar-refractivity contribution in [2.45, 2.75) is 45.9 Å². The number of aromatic nitrogens is 1. The number of hydrogen-bond donors (Lipinski definition) is 1. The quantitative estimate of drug-likeness (QED) is 0.601. The van der Waals surface area contributed by atoms with Crippen molar-refractivity contribution in [3.05, 3.63) is 61.7 Å². The Morgan fingerprint density at radius 1 is 1.19 bits per heavy atom. The number of ether oxygens (including phenoxy) is 2. The molecule has 1 aromatic heterocycles. The average molecular weight is 482 g/mol. The number of nitrogens with one attached hydrogen (secondary N) is 1. The van der Waals surface area contributed by atoms with Gasteiger partial charge in [-0.25, -0.2) is 14.6 Å². The fraction of sp³-hybridized carbons (Fsp3) is 0.333. The van der Waals surface area contributed by atoms with Gasteiger partial charge in [0.2, 0.25) is 0 Å². The molecule has 2 aromatic rings. The van der Waals surface area contributed by atoms with Crippen molar-refractivity contribution in [3.8, 4) is 0 Å². The van der Waals surface area contributed by atoms with Crippen LogP contribution in [-0.2, 0) is 19.1 Å². The maximum atomic E-state index is 13.1. The molecule has 1 unspecified atom stereocenters. The number of amidine groups is 1. The van der Waals surface area contributed by atoms with E-state index >= 15 is 0 Å². The van der Waals surface area contributed by atoms with Crippen LogP contribution in [0.15, 0.2) is 46.0 Å². The molecule has 1 aliphatic rings. The van der Waals surface area contributed by atoms with Crippen LogP contribution in [0, 0.1) is 0 Å². The number of halogens is 2. The first kappa shape index (κ1) is 23.2. The molecule has 3 rings (SSSR count). The van der Waals surface area contributed by atoms with Crippen LogP contribution in [0.25, 0.3) is 0 Å². The average Bonchev–Trinajstić information content (AvgIpc) is 3.21. The molecule has 0 aliphatic carbocycles. The molecule has 0 spiro atoms. The zero-order valence-corrected chi connectivity index (χ0v) is 19.6. The van der Waals surface area contributed by atoms with Crippen LogP contribution in [0.3, 0.4) is 0 Å². The fourth-order valence-electron chi connectivity index (χ4n) is 2.94. The summed E-state index contributed by atoms with van der Waals surface area (Å²) in [4.78, 5) is 34.2. The maximum absolute atomic E-state index is 13.1. The summed E-state index contributed by atoms with van der Waals surface area (Å²) in [6.45, 7) is 6.63. The number of allylic oxidation sites excluding steroid dienone is 1. The summed E-state index contributed by atoms with van der Waals surface area (Å²) >= 11 is 13.9. The Kier molecular flexibility index (Phi) is 7.35. The molecule has 7 nitrogen and oxygen atoms in total. The Balaban J connectivity index is 1.97. The number of esters is 2. The molecule has 0 amide bonds. The third-order valence-corrected chi connectivity index (χ3v) is 5.66. The summed E-state index contributed by atoms with van der Waals surface area (Å²) in [7, 11) is 0. The van der Waals surface area contributed by atoms with Gasteiger partial charge in [0.05, 0.1) is 11.7 Å². The van der Waals surface area contributed by atoms with Gasteiger partial charge >= 0.3 is 11.9 Å². The van der Waals surface area contributed by atoms with Crippen LogP contribution >= 0.6 is 34.5 Å². The second-order valence-electron chi connectivity index (χ2n) is 7.08. The lowest BCUT2D eigenvalue weighted by Crippen LogP contribution is -2.35. The number of benzene rings is 1. The zero-order chi connectivity index (χ0) is 22.7. The molecule has 1 aliphatic heterocycles. The first-order valence-corrected chi connectivity index (χ1v) is 11.1. The third-order valence-electron chi connectivity index (χ3n) is 4.32. The Bertz CT molecular complexity index is 1050. The Morgan fingerprint density at radius 2 is 1.94 bits per heavy atom. The molecular formula is C21H21Cl2N3O4S. The third kappa shape index (κ3) is 5.44. The highest BCUT2D eigenvalue weighted by atomic mass is 35.5. The smallest absolute Gasteiger partial charge is 0.347 e. The van der Waals surface area contributed by atoms with Gasteiger partial charge in [-0.1, -0.05) is 29.3 Å². The topological polar surface area (TPSA) is 89.9 Å². The summed E-state index contributed by atoms with van der Waals surface area (Å²) in [6, 6.07) is 4.19. The van der Waals surface area contributed by atoms with Crippen molar-refractivity contribution in [1.29, 1.82) is 0 Å². The lowest BCUT2D eigenvalue weighted by Gasteiger charge is -2.27. The number of hydrogen-bond acceptors (Lipinski definition) is 8. The molecule has 0 radical (unpaired) electrons. The monoisotopic (exact) mass is 481 g/mol. The molecule has 0 fully saturated rings. The van der Waals surface area contributed by atoms with Crippen molar-refractivity contribution in [3.63, 3.8) is 0 Å². The van der Waals surface area contributed by atoms with Crippen LogP contribution < -0.4 is 5.32 Å². The van der Waals surface area contributed by atoms with Crippen LogP contribution in [0.2, 0.25) is 10.0 Å². The van der Waals surface area contributed by atoms with Gasteiger partial charge in [0.15, 0.2) is 16.9 Å². The van der Waals surface area contributed by atoms with Crippen LogP contribution in [-0.4, -0.2) is 35.0 Å². The van der Waals surface area contributed by atoms with Crippen molar-refractivity contribution in [2.24, 2.45) is 4.99 Å². The van der Waals surface area contributed by atoms with E-state index < -0.39 is 24.1 Å². The van der Waals surface area contributed by atoms with Gasteiger partial charge in [-0.2, -0.15) is 0 Å². The van der Waals surface area contributed by atoms with E-state index in [2.05, 4.69) is 15.3 Å². The fourth-order valence-corrected chi connectivity index (χ4v) is 4.04. The molecule has 31 heavy (non-hydrogen) atoms. The van der Waals surface area contributed by atoms with Gasteiger partial charge in [-0.05, 0) is 39.8 Å². The van der Waals surface area contributed by atoms with Crippen LogP contribution in [0.1, 0.15) is 44.3 Å². The molecule has 10 heteroatoms. The van der Waals surface area contributed by atoms with Gasteiger partial charge in [0, 0.05) is 32.9 Å². The number of carbonyl (C=O) groups excluding carboxylic acids is 2. The summed E-state index contributed by atoms with van der Waals surface area (Å²) < 4.78 is 10.5. The highest BCUT2D eigenvalue weighted by Crippen LogP contribution is 2.37. The van der Waals surface area contributed by atoms with Gasteiger partial charge in [0.25, 0.3) is 0 Å². The van der Waals surface area contributed by atoms with Gasteiger partial charge < -0.3 is 14.8 Å². The van der Waals surface area contributed by atoms with E-state index in [0.717, 1.165) is 0 Å². The molecule has 1 aromatic carbocycles. The minimum Gasteiger partial charge on any atom is -0.460 e. The Hall–Kier alpha value is -2.42. The van der Waals surface area contributed by atoms with E-state index in [4.69, 9.17) is 32.7 Å². The van der Waals surface area contributed by atoms with E-state index in [1.165, 1.54) is 18.3 Å². The predicted octanol–water partition coefficient (Wildman–Crippen LogP) is 4.70. The van der Waals surface area contributed by atoms with E-state index in [1.807, 2.05) is 5.38 Å². The van der Waals surface area contributed by atoms with Gasteiger partial charge in [-0.3, -0.25) is 4.99 Å². The van der Waals surface area contributed by atoms with E-state index in [0.29, 0.717) is 32.1 Å². The van der Waals surface area contributed by atoms with E-state index in [1.54, 1.807) is 45.2 Å². The minimum absolute atomic E-state index is 0.230. The lowest BCUT2D eigenvalue weighted by molar-refractivity contribution is -0.167. The second kappa shape index (κ2) is 9.80. The summed E-state index contributed by atoms with van der Waals surface area (Å²) in [5.74, 6) is -0.818. The van der Waals surface area contributed by atoms with E-state index in [9.17, 15) is 9.59 Å². The van der Waals surface area contributed by atoms with Crippen LogP contribution in [0.5, 0.6) is 0 Å². The molecular weight excluding hydrogens is 461 g/mol. The van der Waals surface area contributed by atoms with Crippen molar-refractivity contribution in [2.75, 3.05) is 0 Å². The molecule has 164 valence electrons. The number of carbonyl (C=O) groups is 2. The first-order chi connectivity index (χ1) is 14.7. The number of nitrogens with zero attached hydrogens (tertiary/aromatic N) is 2. The molecule has 1 N–H and O–H groups in total. The molecule has 0 bridgehead atoms. The van der Waals surface area contributed by atoms with Crippen molar-refractivity contribution >= 4 is 52.3 Å². The van der Waals surface area contributed by atoms with Gasteiger partial charge in [0.1, 0.15) is 6.04 Å². The normalized spacial score (nSPS) is 17.1. The largest absolute Gasteiger partial charge is 0.460 e. The molecule has 2 atom stereocenters. The summed E-state index contributed by atoms with van der Waals surface area (Å²) in [6.07, 6.45) is 0.261. The second-order valence-corrected chi connectivity index (χ2v) is 8.82. The maximum Gasteiger partial charge on any atom is 0.347 e. The Morgan fingerprint density at radius 3 is 2.55 bits per heavy atom. The zero-order valence-electron chi connectivity index (χ0n) is 17.3. The highest BCUT2D eigenvalue weighted by molar-refractivity contribution is 7.11. The molecule has 0 saturated heterocycles. The predicted molar refractivity (Wildman–Crippen MR) is 120 cm³/mol. The molecule has 2 heterocycles. The first-order valence-electron chi connectivity index (χ1n) is 9.49. The standard InChI is InChI=1S/C21H21Cl2N3O4S/c1-10(2)29-20(27)12(4)30-21(28)16-11(3)25-18(19-24-7-8-31-19)26-17(16)14-6-5-13(22)9-15(14)23/h5-10,12,17H,1-4H3,(H,25,26)/t12?,17-/m0/s1. The lowest BCUT2D eigenvalue weighted by atomic mass is 9.96. The highest BCUT2D eigenvalue weighted by Gasteiger charge is 2.34. The van der Waals surface area contributed by atoms with E-state index in [-0.39, 0.29) is 11.7 Å². The SMILES string of the molecule is CC1=C(C(=O)OC(C)C(=O)OC(C)C)[C@H](c2ccc(Cl)cc2Cl)N=C(c2nccs2)N1. The Labute approximate surface area is 194 Å². The number of rotatable bonds is 6. The van der Waals surface area contributed by atoms with Gasteiger partial charge in [-0.15, -0.1) is 11.3 Å². The molecule has 0 saturated carbocycles. The van der Waals surface area contributed by atoms with Crippen molar-refractivity contribution in [1.82, 2.24) is 10.3 Å². The summed E-state index contributed by atoms with van der Waals surface area (Å²) in [5.41, 5.74) is 1.32. The number of thiazole rings is 1. The van der Waals surface area contributed by atoms with Crippen molar-refractivity contribution < 1.29 is 19.1 Å². The summed E-state index contributed by atoms with van der Waals surface area (Å²) in [5, 5.41) is 6.41.